The van der Waals surface area contributed by atoms with Crippen molar-refractivity contribution in [1.29, 1.82) is 0 Å². The number of carbonyl (C=O) groups is 1. The van der Waals surface area contributed by atoms with Gasteiger partial charge in [0.15, 0.2) is 4.34 Å². The number of benzene rings is 1. The average Bonchev–Trinajstić information content (AvgIpc) is 3.20. The number of rotatable bonds is 5. The highest BCUT2D eigenvalue weighted by atomic mass is 32.2. The van der Waals surface area contributed by atoms with Crippen molar-refractivity contribution in [2.45, 2.75) is 24.1 Å². The number of aromatic nitrogens is 2. The molecular formula is C15H18N4OS2. The number of nitrogens with one attached hydrogen (secondary N) is 1. The molecule has 0 spiro atoms. The van der Waals surface area contributed by atoms with Gasteiger partial charge in [-0.2, -0.15) is 0 Å². The largest absolute Gasteiger partial charge is 0.372 e. The van der Waals surface area contributed by atoms with Crippen LogP contribution in [-0.4, -0.2) is 34.9 Å². The van der Waals surface area contributed by atoms with Crippen molar-refractivity contribution in [2.75, 3.05) is 29.1 Å². The first-order valence-electron chi connectivity index (χ1n) is 7.27. The van der Waals surface area contributed by atoms with Crippen molar-refractivity contribution in [1.82, 2.24) is 10.2 Å². The molecule has 1 aliphatic rings. The third kappa shape index (κ3) is 3.78. The summed E-state index contributed by atoms with van der Waals surface area (Å²) in [5.74, 6) is 0.333. The number of amides is 1. The minimum atomic E-state index is -0.0165. The van der Waals surface area contributed by atoms with Gasteiger partial charge >= 0.3 is 0 Å². The molecule has 2 heterocycles. The molecule has 1 N–H and O–H groups in total. The lowest BCUT2D eigenvalue weighted by Crippen LogP contribution is -2.18. The van der Waals surface area contributed by atoms with Gasteiger partial charge < -0.3 is 10.2 Å². The van der Waals surface area contributed by atoms with Crippen molar-refractivity contribution >= 4 is 40.4 Å². The van der Waals surface area contributed by atoms with Crippen LogP contribution in [-0.2, 0) is 4.79 Å². The normalized spacial score (nSPS) is 14.3. The van der Waals surface area contributed by atoms with Gasteiger partial charge in [0.25, 0.3) is 0 Å². The SMILES string of the molecule is Cc1cc(N2CCCC2)ccc1NC(=O)CSc1nncs1. The molecule has 3 rings (SSSR count). The van der Waals surface area contributed by atoms with E-state index in [4.69, 9.17) is 0 Å². The van der Waals surface area contributed by atoms with E-state index in [9.17, 15) is 4.79 Å². The first-order chi connectivity index (χ1) is 10.7. The standard InChI is InChI=1S/C15H18N4OS2/c1-11-8-12(19-6-2-3-7-19)4-5-13(11)17-14(20)9-21-15-18-16-10-22-15/h4-5,8,10H,2-3,6-7,9H2,1H3,(H,17,20). The predicted molar refractivity (Wildman–Crippen MR) is 91.9 cm³/mol. The van der Waals surface area contributed by atoms with E-state index >= 15 is 0 Å². The first kappa shape index (κ1) is 15.3. The van der Waals surface area contributed by atoms with Gasteiger partial charge in [0.05, 0.1) is 5.75 Å². The van der Waals surface area contributed by atoms with Gasteiger partial charge in [-0.15, -0.1) is 10.2 Å². The summed E-state index contributed by atoms with van der Waals surface area (Å²) in [7, 11) is 0. The summed E-state index contributed by atoms with van der Waals surface area (Å²) in [5, 5.41) is 10.6. The highest BCUT2D eigenvalue weighted by molar-refractivity contribution is 8.01. The summed E-state index contributed by atoms with van der Waals surface area (Å²) in [6, 6.07) is 6.24. The molecule has 0 radical (unpaired) electrons. The van der Waals surface area contributed by atoms with E-state index in [1.165, 1.54) is 41.6 Å². The molecular weight excluding hydrogens is 316 g/mol. The van der Waals surface area contributed by atoms with Gasteiger partial charge in [-0.25, -0.2) is 0 Å². The van der Waals surface area contributed by atoms with Crippen LogP contribution < -0.4 is 10.2 Å². The number of hydrogen-bond acceptors (Lipinski definition) is 6. The maximum Gasteiger partial charge on any atom is 0.234 e. The Morgan fingerprint density at radius 2 is 2.23 bits per heavy atom. The van der Waals surface area contributed by atoms with E-state index in [-0.39, 0.29) is 5.91 Å². The number of hydrogen-bond donors (Lipinski definition) is 1. The minimum absolute atomic E-state index is 0.0165. The lowest BCUT2D eigenvalue weighted by Gasteiger charge is -2.19. The smallest absolute Gasteiger partial charge is 0.234 e. The maximum absolute atomic E-state index is 12.0. The van der Waals surface area contributed by atoms with Crippen molar-refractivity contribution in [3.63, 3.8) is 0 Å². The molecule has 1 aliphatic heterocycles. The van der Waals surface area contributed by atoms with E-state index in [0.717, 1.165) is 28.7 Å². The third-order valence-corrected chi connectivity index (χ3v) is 5.48. The molecule has 1 saturated heterocycles. The Hall–Kier alpha value is -1.60. The fraction of sp³-hybridized carbons (Fsp3) is 0.400. The molecule has 1 fully saturated rings. The Bertz CT molecular complexity index is 639. The van der Waals surface area contributed by atoms with E-state index in [2.05, 4.69) is 32.5 Å². The monoisotopic (exact) mass is 334 g/mol. The second-order valence-electron chi connectivity index (χ2n) is 5.23. The zero-order valence-electron chi connectivity index (χ0n) is 12.4. The molecule has 0 saturated carbocycles. The van der Waals surface area contributed by atoms with Crippen LogP contribution in [0.25, 0.3) is 0 Å². The number of aryl methyl sites for hydroxylation is 1. The molecule has 7 heteroatoms. The summed E-state index contributed by atoms with van der Waals surface area (Å²) < 4.78 is 0.816. The van der Waals surface area contributed by atoms with Gasteiger partial charge in [0.1, 0.15) is 5.51 Å². The Kier molecular flexibility index (Phi) is 4.94. The highest BCUT2D eigenvalue weighted by Gasteiger charge is 2.14. The molecule has 0 unspecified atom stereocenters. The van der Waals surface area contributed by atoms with E-state index < -0.39 is 0 Å². The molecule has 2 aromatic rings. The Labute approximate surface area is 138 Å². The Morgan fingerprint density at radius 1 is 1.41 bits per heavy atom. The van der Waals surface area contributed by atoms with Crippen molar-refractivity contribution in [3.05, 3.63) is 29.3 Å². The van der Waals surface area contributed by atoms with Crippen LogP contribution >= 0.6 is 23.1 Å². The van der Waals surface area contributed by atoms with Gasteiger partial charge in [0, 0.05) is 24.5 Å². The van der Waals surface area contributed by atoms with Crippen LogP contribution in [0.4, 0.5) is 11.4 Å². The number of anilines is 2. The molecule has 116 valence electrons. The number of carbonyl (C=O) groups excluding carboxylic acids is 1. The topological polar surface area (TPSA) is 58.1 Å². The molecule has 1 aromatic heterocycles. The van der Waals surface area contributed by atoms with Gasteiger partial charge in [-0.05, 0) is 43.5 Å². The van der Waals surface area contributed by atoms with Crippen LogP contribution in [0.1, 0.15) is 18.4 Å². The average molecular weight is 334 g/mol. The molecule has 5 nitrogen and oxygen atoms in total. The molecule has 0 bridgehead atoms. The zero-order chi connectivity index (χ0) is 15.4. The predicted octanol–water partition coefficient (Wildman–Crippen LogP) is 3.18. The zero-order valence-corrected chi connectivity index (χ0v) is 14.0. The third-order valence-electron chi connectivity index (χ3n) is 3.62. The van der Waals surface area contributed by atoms with Crippen LogP contribution in [0.15, 0.2) is 28.0 Å². The summed E-state index contributed by atoms with van der Waals surface area (Å²) in [6.45, 7) is 4.29. The fourth-order valence-electron chi connectivity index (χ4n) is 2.50. The first-order valence-corrected chi connectivity index (χ1v) is 9.13. The Balaban J connectivity index is 1.58. The van der Waals surface area contributed by atoms with Crippen LogP contribution in [0.2, 0.25) is 0 Å². The summed E-state index contributed by atoms with van der Waals surface area (Å²) in [4.78, 5) is 14.4. The maximum atomic E-state index is 12.0. The summed E-state index contributed by atoms with van der Waals surface area (Å²) in [5.41, 5.74) is 4.89. The molecule has 0 atom stereocenters. The van der Waals surface area contributed by atoms with Crippen molar-refractivity contribution in [2.24, 2.45) is 0 Å². The van der Waals surface area contributed by atoms with Crippen LogP contribution in [0, 0.1) is 6.92 Å². The van der Waals surface area contributed by atoms with Crippen LogP contribution in [0.3, 0.4) is 0 Å². The van der Waals surface area contributed by atoms with Crippen molar-refractivity contribution in [3.8, 4) is 0 Å². The lowest BCUT2D eigenvalue weighted by molar-refractivity contribution is -0.113. The van der Waals surface area contributed by atoms with E-state index in [0.29, 0.717) is 5.75 Å². The van der Waals surface area contributed by atoms with Crippen molar-refractivity contribution < 1.29 is 4.79 Å². The van der Waals surface area contributed by atoms with E-state index in [1.807, 2.05) is 13.0 Å². The second kappa shape index (κ2) is 7.11. The highest BCUT2D eigenvalue weighted by Crippen LogP contribution is 2.26. The molecule has 1 aromatic carbocycles. The van der Waals surface area contributed by atoms with Gasteiger partial charge in [-0.1, -0.05) is 23.1 Å². The van der Waals surface area contributed by atoms with Crippen LogP contribution in [0.5, 0.6) is 0 Å². The van der Waals surface area contributed by atoms with Gasteiger partial charge in [-0.3, -0.25) is 4.79 Å². The number of thioether (sulfide) groups is 1. The Morgan fingerprint density at radius 3 is 2.91 bits per heavy atom. The lowest BCUT2D eigenvalue weighted by atomic mass is 10.1. The minimum Gasteiger partial charge on any atom is -0.372 e. The van der Waals surface area contributed by atoms with Gasteiger partial charge in [0.2, 0.25) is 5.91 Å². The quantitative estimate of drug-likeness (QED) is 0.851. The number of nitrogens with zero attached hydrogens (tertiary/aromatic N) is 3. The summed E-state index contributed by atoms with van der Waals surface area (Å²) in [6.07, 6.45) is 2.53. The molecule has 22 heavy (non-hydrogen) atoms. The van der Waals surface area contributed by atoms with E-state index in [1.54, 1.807) is 5.51 Å². The second-order valence-corrected chi connectivity index (χ2v) is 7.29. The fourth-order valence-corrected chi connectivity index (χ4v) is 3.79. The molecule has 1 amide bonds. The molecule has 0 aliphatic carbocycles. The summed E-state index contributed by atoms with van der Waals surface area (Å²) >= 11 is 2.85.